The number of hydrogen-bond donors (Lipinski definition) is 3. The normalized spacial score (nSPS) is 17.6. The Balaban J connectivity index is 1.93. The number of imidazole rings is 1. The lowest BCUT2D eigenvalue weighted by Crippen LogP contribution is -2.46. The highest BCUT2D eigenvalue weighted by Crippen LogP contribution is 2.13. The summed E-state index contributed by atoms with van der Waals surface area (Å²) in [4.78, 5) is 29.3. The topological polar surface area (TPSA) is 115 Å². The van der Waals surface area contributed by atoms with E-state index in [1.54, 1.807) is 4.90 Å². The van der Waals surface area contributed by atoms with E-state index >= 15 is 0 Å². The third-order valence-corrected chi connectivity index (χ3v) is 3.75. The second-order valence-corrected chi connectivity index (χ2v) is 6.39. The second-order valence-electron chi connectivity index (χ2n) is 4.61. The summed E-state index contributed by atoms with van der Waals surface area (Å²) in [5.74, 6) is -0.254. The first-order valence-electron chi connectivity index (χ1n) is 5.89. The molecule has 19 heavy (non-hydrogen) atoms. The number of piperidine rings is 1. The first-order valence-corrected chi connectivity index (χ1v) is 7.78. The van der Waals surface area contributed by atoms with Crippen LogP contribution in [0.3, 0.4) is 0 Å². The fraction of sp³-hybridized carbons (Fsp3) is 0.600. The zero-order valence-corrected chi connectivity index (χ0v) is 11.3. The van der Waals surface area contributed by atoms with E-state index in [0.29, 0.717) is 25.9 Å². The first-order chi connectivity index (χ1) is 8.85. The molecule has 0 atom stereocenters. The fourth-order valence-corrected chi connectivity index (χ4v) is 2.96. The van der Waals surface area contributed by atoms with Crippen LogP contribution >= 0.6 is 0 Å². The molecular weight excluding hydrogens is 272 g/mol. The minimum Gasteiger partial charge on any atom is -0.337 e. The van der Waals surface area contributed by atoms with E-state index in [-0.39, 0.29) is 17.6 Å². The highest BCUT2D eigenvalue weighted by Gasteiger charge is 2.25. The molecule has 0 aromatic carbocycles. The van der Waals surface area contributed by atoms with E-state index in [2.05, 4.69) is 14.7 Å². The van der Waals surface area contributed by atoms with Gasteiger partial charge in [0.15, 0.2) is 0 Å². The van der Waals surface area contributed by atoms with Crippen molar-refractivity contribution in [3.05, 3.63) is 22.4 Å². The van der Waals surface area contributed by atoms with Crippen LogP contribution in [0.15, 0.2) is 11.0 Å². The largest absolute Gasteiger partial charge is 0.337 e. The predicted octanol–water partition coefficient (Wildman–Crippen LogP) is -1.14. The van der Waals surface area contributed by atoms with Gasteiger partial charge < -0.3 is 14.9 Å². The zero-order valence-electron chi connectivity index (χ0n) is 10.5. The van der Waals surface area contributed by atoms with Gasteiger partial charge in [0.25, 0.3) is 5.91 Å². The van der Waals surface area contributed by atoms with Crippen molar-refractivity contribution in [1.82, 2.24) is 19.6 Å². The minimum absolute atomic E-state index is 0.135. The Morgan fingerprint density at radius 2 is 2.05 bits per heavy atom. The van der Waals surface area contributed by atoms with Crippen LogP contribution in [-0.2, 0) is 10.0 Å². The molecule has 1 aliphatic heterocycles. The molecule has 0 aliphatic carbocycles. The van der Waals surface area contributed by atoms with Gasteiger partial charge >= 0.3 is 5.69 Å². The van der Waals surface area contributed by atoms with Gasteiger partial charge in [0, 0.05) is 25.3 Å². The van der Waals surface area contributed by atoms with Crippen LogP contribution in [0.25, 0.3) is 0 Å². The average Bonchev–Trinajstić information content (AvgIpc) is 2.74. The Labute approximate surface area is 110 Å². The predicted molar refractivity (Wildman–Crippen MR) is 68.3 cm³/mol. The van der Waals surface area contributed by atoms with Crippen molar-refractivity contribution in [2.75, 3.05) is 19.3 Å². The zero-order chi connectivity index (χ0) is 14.0. The molecule has 0 radical (unpaired) electrons. The molecule has 9 heteroatoms. The smallest absolute Gasteiger partial charge is 0.323 e. The number of nitrogens with one attached hydrogen (secondary N) is 3. The van der Waals surface area contributed by atoms with Crippen molar-refractivity contribution in [3.63, 3.8) is 0 Å². The maximum atomic E-state index is 12.0. The third-order valence-electron chi connectivity index (χ3n) is 2.99. The quantitative estimate of drug-likeness (QED) is 0.652. The van der Waals surface area contributed by atoms with Gasteiger partial charge in [-0.1, -0.05) is 0 Å². The number of hydrogen-bond acceptors (Lipinski definition) is 4. The maximum Gasteiger partial charge on any atom is 0.323 e. The van der Waals surface area contributed by atoms with E-state index in [1.807, 2.05) is 0 Å². The maximum absolute atomic E-state index is 12.0. The van der Waals surface area contributed by atoms with Crippen molar-refractivity contribution >= 4 is 15.9 Å². The molecule has 3 N–H and O–H groups in total. The Morgan fingerprint density at radius 1 is 1.42 bits per heavy atom. The van der Waals surface area contributed by atoms with Gasteiger partial charge in [-0.15, -0.1) is 0 Å². The molecule has 0 unspecified atom stereocenters. The minimum atomic E-state index is -3.22. The van der Waals surface area contributed by atoms with E-state index in [4.69, 9.17) is 0 Å². The number of rotatable bonds is 3. The number of carbonyl (C=O) groups is 1. The van der Waals surface area contributed by atoms with Crippen molar-refractivity contribution in [1.29, 1.82) is 0 Å². The van der Waals surface area contributed by atoms with Crippen LogP contribution in [0.5, 0.6) is 0 Å². The molecule has 1 fully saturated rings. The Kier molecular flexibility index (Phi) is 3.76. The fourth-order valence-electron chi connectivity index (χ4n) is 2.12. The van der Waals surface area contributed by atoms with Crippen LogP contribution in [0.1, 0.15) is 23.3 Å². The number of sulfonamides is 1. The molecule has 0 spiro atoms. The summed E-state index contributed by atoms with van der Waals surface area (Å²) in [5, 5.41) is 0. The summed E-state index contributed by atoms with van der Waals surface area (Å²) in [7, 11) is -3.22. The number of nitrogens with zero attached hydrogens (tertiary/aromatic N) is 1. The SMILES string of the molecule is CS(=O)(=O)NC1CCN(C(=O)c2c[nH]c(=O)[nH]2)CC1. The summed E-state index contributed by atoms with van der Waals surface area (Å²) < 4.78 is 24.7. The molecule has 2 heterocycles. The van der Waals surface area contributed by atoms with Gasteiger partial charge in [0.2, 0.25) is 10.0 Å². The molecule has 1 aromatic heterocycles. The highest BCUT2D eigenvalue weighted by atomic mass is 32.2. The Bertz CT molecular complexity index is 609. The number of aromatic nitrogens is 2. The highest BCUT2D eigenvalue weighted by molar-refractivity contribution is 7.88. The standard InChI is InChI=1S/C10H16N4O4S/c1-19(17,18)13-7-2-4-14(5-3-7)9(15)8-6-11-10(16)12-8/h6-7,13H,2-5H2,1H3,(H2,11,12,16). The summed E-state index contributed by atoms with van der Waals surface area (Å²) in [5.41, 5.74) is -0.198. The molecule has 0 saturated carbocycles. The number of amides is 1. The third kappa shape index (κ3) is 3.67. The van der Waals surface area contributed by atoms with Gasteiger partial charge in [-0.2, -0.15) is 0 Å². The number of carbonyl (C=O) groups excluding carboxylic acids is 1. The first kappa shape index (κ1) is 13.8. The molecular formula is C10H16N4O4S. The number of H-pyrrole nitrogens is 2. The Hall–Kier alpha value is -1.61. The summed E-state index contributed by atoms with van der Waals surface area (Å²) in [6, 6.07) is -0.135. The van der Waals surface area contributed by atoms with Crippen LogP contribution in [0.2, 0.25) is 0 Å². The van der Waals surface area contributed by atoms with Crippen molar-refractivity contribution < 1.29 is 13.2 Å². The summed E-state index contributed by atoms with van der Waals surface area (Å²) >= 11 is 0. The van der Waals surface area contributed by atoms with Gasteiger partial charge in [-0.3, -0.25) is 4.79 Å². The van der Waals surface area contributed by atoms with Crippen LogP contribution in [0.4, 0.5) is 0 Å². The van der Waals surface area contributed by atoms with Gasteiger partial charge in [-0.05, 0) is 12.8 Å². The summed E-state index contributed by atoms with van der Waals surface area (Å²) in [6.07, 6.45) is 3.58. The molecule has 1 amide bonds. The molecule has 1 aromatic rings. The molecule has 1 saturated heterocycles. The lowest BCUT2D eigenvalue weighted by molar-refractivity contribution is 0.0706. The van der Waals surface area contributed by atoms with Crippen molar-refractivity contribution in [2.45, 2.75) is 18.9 Å². The molecule has 2 rings (SSSR count). The number of aromatic amines is 2. The van der Waals surface area contributed by atoms with Crippen molar-refractivity contribution in [3.8, 4) is 0 Å². The molecule has 8 nitrogen and oxygen atoms in total. The monoisotopic (exact) mass is 288 g/mol. The number of likely N-dealkylation sites (tertiary alicyclic amines) is 1. The van der Waals surface area contributed by atoms with E-state index in [1.165, 1.54) is 6.20 Å². The second kappa shape index (κ2) is 5.17. The van der Waals surface area contributed by atoms with Gasteiger partial charge in [0.1, 0.15) is 5.69 Å². The molecule has 1 aliphatic rings. The lowest BCUT2D eigenvalue weighted by atomic mass is 10.1. The Morgan fingerprint density at radius 3 is 2.53 bits per heavy atom. The molecule has 106 valence electrons. The summed E-state index contributed by atoms with van der Waals surface area (Å²) in [6.45, 7) is 0.915. The van der Waals surface area contributed by atoms with Crippen LogP contribution < -0.4 is 10.4 Å². The van der Waals surface area contributed by atoms with E-state index in [0.717, 1.165) is 6.26 Å². The van der Waals surface area contributed by atoms with Crippen LogP contribution in [0, 0.1) is 0 Å². The van der Waals surface area contributed by atoms with Gasteiger partial charge in [-0.25, -0.2) is 17.9 Å². The van der Waals surface area contributed by atoms with Crippen LogP contribution in [-0.4, -0.2) is 54.6 Å². The van der Waals surface area contributed by atoms with E-state index < -0.39 is 15.7 Å². The van der Waals surface area contributed by atoms with Gasteiger partial charge in [0.05, 0.1) is 6.26 Å². The molecule has 0 bridgehead atoms. The van der Waals surface area contributed by atoms with E-state index in [9.17, 15) is 18.0 Å². The average molecular weight is 288 g/mol. The lowest BCUT2D eigenvalue weighted by Gasteiger charge is -2.31. The van der Waals surface area contributed by atoms with Crippen molar-refractivity contribution in [2.24, 2.45) is 0 Å².